The molecule has 0 aliphatic heterocycles. The fourth-order valence-corrected chi connectivity index (χ4v) is 2.60. The molecule has 0 spiro atoms. The topological polar surface area (TPSA) is 65.7 Å². The molecule has 0 atom stereocenters. The maximum atomic E-state index is 13.9. The van der Waals surface area contributed by atoms with Gasteiger partial charge in [-0.3, -0.25) is 0 Å². The molecule has 0 saturated carbocycles. The number of nitrogens with one attached hydrogen (secondary N) is 2. The quantitative estimate of drug-likeness (QED) is 0.330. The fraction of sp³-hybridized carbons (Fsp3) is 0.524. The molecule has 2 rings (SSSR count). The van der Waals surface area contributed by atoms with Crippen LogP contribution >= 0.6 is 24.0 Å². The second-order valence-corrected chi connectivity index (χ2v) is 8.08. The lowest BCUT2D eigenvalue weighted by molar-refractivity contribution is 0.379. The van der Waals surface area contributed by atoms with Crippen molar-refractivity contribution in [2.45, 2.75) is 52.7 Å². The number of benzene rings is 1. The smallest absolute Gasteiger partial charge is 0.213 e. The molecular weight excluding hydrogens is 484 g/mol. The van der Waals surface area contributed by atoms with Gasteiger partial charge in [0.25, 0.3) is 0 Å². The van der Waals surface area contributed by atoms with Gasteiger partial charge < -0.3 is 20.0 Å². The van der Waals surface area contributed by atoms with Crippen LogP contribution in [0.3, 0.4) is 0 Å². The second kappa shape index (κ2) is 11.5. The number of aromatic nitrogens is 1. The number of halogens is 2. The average molecular weight is 517 g/mol. The molecule has 1 aromatic heterocycles. The molecule has 1 heterocycles. The molecule has 2 N–H and O–H groups in total. The third-order valence-electron chi connectivity index (χ3n) is 4.06. The maximum Gasteiger partial charge on any atom is 0.213 e. The lowest BCUT2D eigenvalue weighted by Gasteiger charge is -2.13. The van der Waals surface area contributed by atoms with E-state index >= 15 is 0 Å². The molecule has 0 saturated heterocycles. The van der Waals surface area contributed by atoms with Gasteiger partial charge in [-0.25, -0.2) is 14.4 Å². The zero-order chi connectivity index (χ0) is 20.7. The lowest BCUT2D eigenvalue weighted by Crippen LogP contribution is -2.36. The van der Waals surface area contributed by atoms with Crippen LogP contribution in [0.25, 0.3) is 0 Å². The molecule has 0 unspecified atom stereocenters. The van der Waals surface area contributed by atoms with Crippen molar-refractivity contribution in [2.75, 3.05) is 20.6 Å². The van der Waals surface area contributed by atoms with E-state index < -0.39 is 0 Å². The van der Waals surface area contributed by atoms with Gasteiger partial charge in [0, 0.05) is 24.1 Å². The highest BCUT2D eigenvalue weighted by molar-refractivity contribution is 14.0. The first-order valence-electron chi connectivity index (χ1n) is 9.58. The van der Waals surface area contributed by atoms with Crippen LogP contribution in [0.4, 0.5) is 4.39 Å². The van der Waals surface area contributed by atoms with E-state index in [-0.39, 0.29) is 35.2 Å². The average Bonchev–Trinajstić information content (AvgIpc) is 3.09. The minimum Gasteiger partial charge on any atom is -0.443 e. The highest BCUT2D eigenvalue weighted by Gasteiger charge is 2.19. The molecular formula is C21H33FIN5O. The van der Waals surface area contributed by atoms with Crippen LogP contribution < -0.4 is 10.6 Å². The Kier molecular flexibility index (Phi) is 10.0. The molecule has 29 heavy (non-hydrogen) atoms. The van der Waals surface area contributed by atoms with E-state index in [2.05, 4.69) is 41.4 Å². The van der Waals surface area contributed by atoms with Gasteiger partial charge in [0.05, 0.1) is 19.3 Å². The molecule has 0 bridgehead atoms. The zero-order valence-electron chi connectivity index (χ0n) is 18.2. The van der Waals surface area contributed by atoms with Crippen LogP contribution in [-0.4, -0.2) is 36.5 Å². The fourth-order valence-electron chi connectivity index (χ4n) is 2.60. The molecule has 0 fully saturated rings. The highest BCUT2D eigenvalue weighted by atomic mass is 127. The number of aliphatic imine (C=N–C) groups is 1. The van der Waals surface area contributed by atoms with Crippen LogP contribution in [0.5, 0.6) is 0 Å². The number of nitrogens with zero attached hydrogens (tertiary/aromatic N) is 3. The van der Waals surface area contributed by atoms with Gasteiger partial charge in [-0.15, -0.1) is 24.0 Å². The molecule has 0 radical (unpaired) electrons. The summed E-state index contributed by atoms with van der Waals surface area (Å²) in [5, 5.41) is 6.44. The summed E-state index contributed by atoms with van der Waals surface area (Å²) in [4.78, 5) is 10.9. The first-order valence-corrected chi connectivity index (χ1v) is 9.58. The Morgan fingerprint density at radius 2 is 1.97 bits per heavy atom. The summed E-state index contributed by atoms with van der Waals surface area (Å²) >= 11 is 0. The molecule has 6 nitrogen and oxygen atoms in total. The van der Waals surface area contributed by atoms with Crippen LogP contribution in [0.1, 0.15) is 50.5 Å². The van der Waals surface area contributed by atoms with Crippen molar-refractivity contribution in [2.24, 2.45) is 4.99 Å². The van der Waals surface area contributed by atoms with Crippen molar-refractivity contribution < 1.29 is 8.81 Å². The molecule has 0 aliphatic rings. The summed E-state index contributed by atoms with van der Waals surface area (Å²) in [6, 6.07) is 5.14. The van der Waals surface area contributed by atoms with Crippen LogP contribution in [0.2, 0.25) is 0 Å². The van der Waals surface area contributed by atoms with Gasteiger partial charge in [0.1, 0.15) is 11.6 Å². The Balaban J connectivity index is 0.00000420. The number of rotatable bonds is 7. The molecule has 1 aromatic carbocycles. The maximum absolute atomic E-state index is 13.9. The predicted octanol–water partition coefficient (Wildman–Crippen LogP) is 4.05. The SMILES string of the molecule is CCNC(=NCc1ccc(F)c(CN(C)C)c1)NCc1ncc(C(C)(C)C)o1.I. The molecule has 8 heteroatoms. The molecule has 0 amide bonds. The number of hydrogen-bond donors (Lipinski definition) is 2. The first kappa shape index (κ1) is 25.4. The third kappa shape index (κ3) is 8.30. The van der Waals surface area contributed by atoms with E-state index in [0.29, 0.717) is 37.0 Å². The van der Waals surface area contributed by atoms with Crippen molar-refractivity contribution in [3.05, 3.63) is 53.0 Å². The van der Waals surface area contributed by atoms with Crippen molar-refractivity contribution in [3.8, 4) is 0 Å². The van der Waals surface area contributed by atoms with E-state index in [1.165, 1.54) is 6.07 Å². The van der Waals surface area contributed by atoms with Gasteiger partial charge >= 0.3 is 0 Å². The normalized spacial score (nSPS) is 12.1. The molecule has 2 aromatic rings. The largest absolute Gasteiger partial charge is 0.443 e. The van der Waals surface area contributed by atoms with Crippen molar-refractivity contribution >= 4 is 29.9 Å². The summed E-state index contributed by atoms with van der Waals surface area (Å²) in [6.45, 7) is 10.5. The Hall–Kier alpha value is -1.68. The number of oxazole rings is 1. The standard InChI is InChI=1S/C21H32FN5O.HI/c1-7-23-20(26-13-19-24-12-18(28-19)21(2,3)4)25-11-15-8-9-17(22)16(10-15)14-27(5)6;/h8-10,12H,7,11,13-14H2,1-6H3,(H2,23,25,26);1H. The first-order chi connectivity index (χ1) is 13.2. The Morgan fingerprint density at radius 1 is 1.24 bits per heavy atom. The van der Waals surface area contributed by atoms with E-state index in [1.807, 2.05) is 32.0 Å². The monoisotopic (exact) mass is 517 g/mol. The van der Waals surface area contributed by atoms with Gasteiger partial charge in [-0.2, -0.15) is 0 Å². The van der Waals surface area contributed by atoms with E-state index in [1.54, 1.807) is 12.3 Å². The number of guanidine groups is 1. The minimum absolute atomic E-state index is 0. The Bertz CT molecular complexity index is 799. The summed E-state index contributed by atoms with van der Waals surface area (Å²) in [7, 11) is 3.84. The molecule has 0 aliphatic carbocycles. The second-order valence-electron chi connectivity index (χ2n) is 8.08. The minimum atomic E-state index is -0.190. The van der Waals surface area contributed by atoms with Crippen molar-refractivity contribution in [1.29, 1.82) is 0 Å². The van der Waals surface area contributed by atoms with Crippen LogP contribution in [0, 0.1) is 5.82 Å². The van der Waals surface area contributed by atoms with E-state index in [4.69, 9.17) is 4.42 Å². The third-order valence-corrected chi connectivity index (χ3v) is 4.06. The van der Waals surface area contributed by atoms with Gasteiger partial charge in [-0.1, -0.05) is 26.8 Å². The number of hydrogen-bond acceptors (Lipinski definition) is 4. The van der Waals surface area contributed by atoms with Crippen molar-refractivity contribution in [1.82, 2.24) is 20.5 Å². The van der Waals surface area contributed by atoms with Gasteiger partial charge in [0.15, 0.2) is 5.96 Å². The zero-order valence-corrected chi connectivity index (χ0v) is 20.5. The predicted molar refractivity (Wildman–Crippen MR) is 126 cm³/mol. The van der Waals surface area contributed by atoms with Gasteiger partial charge in [0.2, 0.25) is 5.89 Å². The lowest BCUT2D eigenvalue weighted by atomic mass is 9.94. The van der Waals surface area contributed by atoms with Crippen LogP contribution in [0.15, 0.2) is 33.8 Å². The van der Waals surface area contributed by atoms with Crippen LogP contribution in [-0.2, 0) is 25.0 Å². The summed E-state index contributed by atoms with van der Waals surface area (Å²) < 4.78 is 19.7. The summed E-state index contributed by atoms with van der Waals surface area (Å²) in [5.41, 5.74) is 1.56. The van der Waals surface area contributed by atoms with E-state index in [0.717, 1.165) is 17.9 Å². The Labute approximate surface area is 190 Å². The van der Waals surface area contributed by atoms with Gasteiger partial charge in [-0.05, 0) is 38.7 Å². The van der Waals surface area contributed by atoms with E-state index in [9.17, 15) is 4.39 Å². The summed E-state index contributed by atoms with van der Waals surface area (Å²) in [5.74, 6) is 1.94. The summed E-state index contributed by atoms with van der Waals surface area (Å²) in [6.07, 6.45) is 1.77. The Morgan fingerprint density at radius 3 is 2.55 bits per heavy atom. The molecule has 162 valence electrons. The van der Waals surface area contributed by atoms with Crippen molar-refractivity contribution in [3.63, 3.8) is 0 Å². The highest BCUT2D eigenvalue weighted by Crippen LogP contribution is 2.22.